The van der Waals surface area contributed by atoms with Crippen LogP contribution >= 0.6 is 11.3 Å². The van der Waals surface area contributed by atoms with Crippen LogP contribution < -0.4 is 5.69 Å². The van der Waals surface area contributed by atoms with Gasteiger partial charge in [0.05, 0.1) is 10.9 Å². The maximum absolute atomic E-state index is 12.9. The first-order valence-electron chi connectivity index (χ1n) is 7.57. The van der Waals surface area contributed by atoms with E-state index in [1.54, 1.807) is 6.07 Å². The second-order valence-corrected chi connectivity index (χ2v) is 6.72. The molecule has 1 atom stereocenters. The number of carbonyl (C=O) groups is 1. The molecular weight excluding hydrogens is 310 g/mol. The van der Waals surface area contributed by atoms with Crippen LogP contribution in [0.3, 0.4) is 0 Å². The second kappa shape index (κ2) is 5.62. The van der Waals surface area contributed by atoms with Crippen LogP contribution in [-0.4, -0.2) is 27.3 Å². The minimum atomic E-state index is -0.372. The summed E-state index contributed by atoms with van der Waals surface area (Å²) >= 11 is 1.52. The Hall–Kier alpha value is -2.47. The highest BCUT2D eigenvalue weighted by atomic mass is 32.1. The molecule has 0 unspecified atom stereocenters. The number of fused-ring (bicyclic) bond motifs is 1. The van der Waals surface area contributed by atoms with Gasteiger partial charge in [-0.3, -0.25) is 4.79 Å². The Labute approximate surface area is 136 Å². The maximum Gasteiger partial charge on any atom is 0.345 e. The van der Waals surface area contributed by atoms with Crippen molar-refractivity contribution in [3.8, 4) is 0 Å². The van der Waals surface area contributed by atoms with Crippen molar-refractivity contribution in [2.45, 2.75) is 18.9 Å². The largest absolute Gasteiger partial charge is 0.345 e. The van der Waals surface area contributed by atoms with Crippen LogP contribution in [-0.2, 0) is 0 Å². The maximum atomic E-state index is 12.9. The normalized spacial score (nSPS) is 17.7. The van der Waals surface area contributed by atoms with E-state index >= 15 is 0 Å². The summed E-state index contributed by atoms with van der Waals surface area (Å²) in [5.41, 5.74) is 0.389. The number of H-pyrrole nitrogens is 1. The molecule has 116 valence electrons. The van der Waals surface area contributed by atoms with Crippen LogP contribution in [0.25, 0.3) is 10.1 Å². The Balaban J connectivity index is 1.68. The molecular formula is C17H15N3O2S. The van der Waals surface area contributed by atoms with E-state index in [9.17, 15) is 9.59 Å². The summed E-state index contributed by atoms with van der Waals surface area (Å²) in [6.45, 7) is 0.710. The van der Waals surface area contributed by atoms with E-state index in [-0.39, 0.29) is 17.6 Å². The first kappa shape index (κ1) is 14.1. The van der Waals surface area contributed by atoms with Gasteiger partial charge in [-0.25, -0.2) is 9.78 Å². The van der Waals surface area contributed by atoms with Crippen LogP contribution in [0.15, 0.2) is 47.4 Å². The van der Waals surface area contributed by atoms with Gasteiger partial charge in [-0.2, -0.15) is 0 Å². The van der Waals surface area contributed by atoms with E-state index < -0.39 is 0 Å². The van der Waals surface area contributed by atoms with Crippen molar-refractivity contribution < 1.29 is 4.79 Å². The molecule has 1 amide bonds. The third kappa shape index (κ3) is 2.55. The number of likely N-dealkylation sites (tertiary alicyclic amines) is 1. The molecule has 1 aromatic carbocycles. The van der Waals surface area contributed by atoms with Gasteiger partial charge < -0.3 is 9.88 Å². The number of amides is 1. The summed E-state index contributed by atoms with van der Waals surface area (Å²) in [7, 11) is 0. The van der Waals surface area contributed by atoms with E-state index in [2.05, 4.69) is 9.97 Å². The fourth-order valence-electron chi connectivity index (χ4n) is 3.14. The standard InChI is InChI=1S/C17H15N3O2S/c21-16(15-10-11-4-1-2-6-14(11)23-15)20-9-3-5-13(20)12-7-8-18-17(22)19-12/h1-2,4,6-8,10,13H,3,5,9H2,(H,18,19,22)/t13-/m0/s1. The number of hydrogen-bond donors (Lipinski definition) is 1. The van der Waals surface area contributed by atoms with E-state index in [1.165, 1.54) is 17.5 Å². The number of benzene rings is 1. The molecule has 1 aliphatic heterocycles. The van der Waals surface area contributed by atoms with Gasteiger partial charge in [0.2, 0.25) is 0 Å². The number of aromatic amines is 1. The van der Waals surface area contributed by atoms with Crippen LogP contribution in [0.4, 0.5) is 0 Å². The van der Waals surface area contributed by atoms with Crippen LogP contribution in [0, 0.1) is 0 Å². The molecule has 2 aromatic heterocycles. The third-order valence-corrected chi connectivity index (χ3v) is 5.31. The predicted molar refractivity (Wildman–Crippen MR) is 89.7 cm³/mol. The molecule has 3 heterocycles. The molecule has 1 N–H and O–H groups in total. The lowest BCUT2D eigenvalue weighted by atomic mass is 10.1. The molecule has 0 spiro atoms. The van der Waals surface area contributed by atoms with Crippen molar-refractivity contribution >= 4 is 27.3 Å². The third-order valence-electron chi connectivity index (χ3n) is 4.21. The average Bonchev–Trinajstić information content (AvgIpc) is 3.21. The lowest BCUT2D eigenvalue weighted by Gasteiger charge is -2.24. The number of nitrogens with zero attached hydrogens (tertiary/aromatic N) is 2. The average molecular weight is 325 g/mol. The molecule has 0 aliphatic carbocycles. The molecule has 4 rings (SSSR count). The lowest BCUT2D eigenvalue weighted by molar-refractivity contribution is 0.0737. The van der Waals surface area contributed by atoms with Gasteiger partial charge in [0.15, 0.2) is 0 Å². The Morgan fingerprint density at radius 2 is 2.17 bits per heavy atom. The SMILES string of the molecule is O=C(c1cc2ccccc2s1)N1CCC[C@H]1c1ccnc(=O)[nH]1. The number of rotatable bonds is 2. The predicted octanol–water partition coefficient (Wildman–Crippen LogP) is 2.96. The first-order chi connectivity index (χ1) is 11.2. The minimum Gasteiger partial charge on any atom is -0.329 e. The Morgan fingerprint density at radius 1 is 1.30 bits per heavy atom. The van der Waals surface area contributed by atoms with Gasteiger partial charge in [0, 0.05) is 23.1 Å². The smallest absolute Gasteiger partial charge is 0.329 e. The number of aromatic nitrogens is 2. The number of carbonyl (C=O) groups excluding carboxylic acids is 1. The van der Waals surface area contributed by atoms with Gasteiger partial charge >= 0.3 is 5.69 Å². The highest BCUT2D eigenvalue weighted by molar-refractivity contribution is 7.20. The summed E-state index contributed by atoms with van der Waals surface area (Å²) in [6.07, 6.45) is 3.29. The number of hydrogen-bond acceptors (Lipinski definition) is 4. The van der Waals surface area contributed by atoms with Crippen molar-refractivity contribution in [1.82, 2.24) is 14.9 Å². The van der Waals surface area contributed by atoms with Gasteiger partial charge in [-0.1, -0.05) is 18.2 Å². The fraction of sp³-hybridized carbons (Fsp3) is 0.235. The molecule has 6 heteroatoms. The lowest BCUT2D eigenvalue weighted by Crippen LogP contribution is -2.31. The van der Waals surface area contributed by atoms with Crippen molar-refractivity contribution in [3.63, 3.8) is 0 Å². The van der Waals surface area contributed by atoms with Gasteiger partial charge in [0.25, 0.3) is 5.91 Å². The van der Waals surface area contributed by atoms with Crippen molar-refractivity contribution in [1.29, 1.82) is 0 Å². The molecule has 3 aromatic rings. The van der Waals surface area contributed by atoms with Gasteiger partial charge in [-0.15, -0.1) is 11.3 Å². The minimum absolute atomic E-state index is 0.0337. The highest BCUT2D eigenvalue weighted by Crippen LogP contribution is 2.34. The Bertz CT molecular complexity index is 897. The van der Waals surface area contributed by atoms with E-state index in [1.807, 2.05) is 35.2 Å². The van der Waals surface area contributed by atoms with Crippen LogP contribution in [0.1, 0.15) is 34.2 Å². The summed E-state index contributed by atoms with van der Waals surface area (Å²) in [5, 5.41) is 1.09. The first-order valence-corrected chi connectivity index (χ1v) is 8.39. The summed E-state index contributed by atoms with van der Waals surface area (Å²) in [4.78, 5) is 33.4. The summed E-state index contributed by atoms with van der Waals surface area (Å²) in [6, 6.07) is 11.7. The zero-order valence-electron chi connectivity index (χ0n) is 12.4. The van der Waals surface area contributed by atoms with E-state index in [0.29, 0.717) is 6.54 Å². The highest BCUT2D eigenvalue weighted by Gasteiger charge is 2.32. The molecule has 1 fully saturated rings. The van der Waals surface area contributed by atoms with Gasteiger partial charge in [-0.05, 0) is 36.4 Å². The number of nitrogens with one attached hydrogen (secondary N) is 1. The molecule has 1 aliphatic rings. The van der Waals surface area contributed by atoms with Crippen LogP contribution in [0.2, 0.25) is 0 Å². The number of thiophene rings is 1. The Kier molecular flexibility index (Phi) is 3.46. The molecule has 0 saturated carbocycles. The van der Waals surface area contributed by atoms with Crippen molar-refractivity contribution in [2.75, 3.05) is 6.54 Å². The summed E-state index contributed by atoms with van der Waals surface area (Å²) in [5.74, 6) is 0.0337. The van der Waals surface area contributed by atoms with E-state index in [4.69, 9.17) is 0 Å². The van der Waals surface area contributed by atoms with Gasteiger partial charge in [0.1, 0.15) is 0 Å². The zero-order chi connectivity index (χ0) is 15.8. The quantitative estimate of drug-likeness (QED) is 0.788. The van der Waals surface area contributed by atoms with Crippen molar-refractivity contribution in [3.05, 3.63) is 63.7 Å². The van der Waals surface area contributed by atoms with Crippen LogP contribution in [0.5, 0.6) is 0 Å². The molecule has 0 bridgehead atoms. The molecule has 5 nitrogen and oxygen atoms in total. The monoisotopic (exact) mass is 325 g/mol. The van der Waals surface area contributed by atoms with E-state index in [0.717, 1.165) is 33.5 Å². The zero-order valence-corrected chi connectivity index (χ0v) is 13.2. The fourth-order valence-corrected chi connectivity index (χ4v) is 4.16. The molecule has 1 saturated heterocycles. The topological polar surface area (TPSA) is 66.1 Å². The van der Waals surface area contributed by atoms with Crippen molar-refractivity contribution in [2.24, 2.45) is 0 Å². The Morgan fingerprint density at radius 3 is 3.00 bits per heavy atom. The second-order valence-electron chi connectivity index (χ2n) is 5.64. The molecule has 0 radical (unpaired) electrons. The summed E-state index contributed by atoms with van der Waals surface area (Å²) < 4.78 is 1.11. The molecule has 23 heavy (non-hydrogen) atoms.